The van der Waals surface area contributed by atoms with Crippen molar-refractivity contribution in [2.24, 2.45) is 0 Å². The molecule has 0 unspecified atom stereocenters. The van der Waals surface area contributed by atoms with Crippen LogP contribution in [-0.2, 0) is 5.75 Å². The highest BCUT2D eigenvalue weighted by Gasteiger charge is 2.13. The van der Waals surface area contributed by atoms with Gasteiger partial charge in [0.1, 0.15) is 6.33 Å². The molecule has 0 atom stereocenters. The van der Waals surface area contributed by atoms with E-state index in [1.807, 2.05) is 68.4 Å². The molecular weight excluding hydrogens is 398 g/mol. The van der Waals surface area contributed by atoms with E-state index in [-0.39, 0.29) is 5.91 Å². The SMILES string of the molecule is Cc1cc(C)nc(SCc2ccccc2C(=O)Nc2cccc(-n3cnnn3)c2)n1. The fourth-order valence-electron chi connectivity index (χ4n) is 2.97. The lowest BCUT2D eigenvalue weighted by molar-refractivity contribution is 0.102. The van der Waals surface area contributed by atoms with Gasteiger partial charge in [-0.3, -0.25) is 4.79 Å². The molecule has 0 fully saturated rings. The van der Waals surface area contributed by atoms with E-state index in [1.165, 1.54) is 22.8 Å². The molecule has 0 spiro atoms. The van der Waals surface area contributed by atoms with Gasteiger partial charge in [0.05, 0.1) is 5.69 Å². The number of nitrogens with one attached hydrogen (secondary N) is 1. The van der Waals surface area contributed by atoms with Crippen molar-refractivity contribution in [1.29, 1.82) is 0 Å². The number of hydrogen-bond donors (Lipinski definition) is 1. The third kappa shape index (κ3) is 4.69. The molecule has 0 bridgehead atoms. The predicted octanol–water partition coefficient (Wildman–Crippen LogP) is 3.61. The highest BCUT2D eigenvalue weighted by Crippen LogP contribution is 2.23. The molecule has 2 aromatic heterocycles. The number of hydrogen-bond acceptors (Lipinski definition) is 7. The molecule has 4 aromatic rings. The van der Waals surface area contributed by atoms with Crippen LogP contribution in [-0.4, -0.2) is 36.1 Å². The van der Waals surface area contributed by atoms with Gasteiger partial charge in [-0.25, -0.2) is 14.6 Å². The number of aromatic nitrogens is 6. The number of thioether (sulfide) groups is 1. The lowest BCUT2D eigenvalue weighted by atomic mass is 10.1. The van der Waals surface area contributed by atoms with Crippen LogP contribution in [0.4, 0.5) is 5.69 Å². The van der Waals surface area contributed by atoms with Gasteiger partial charge in [0, 0.05) is 28.4 Å². The van der Waals surface area contributed by atoms with Crippen molar-refractivity contribution in [3.05, 3.63) is 83.4 Å². The fraction of sp³-hybridized carbons (Fsp3) is 0.143. The van der Waals surface area contributed by atoms with Gasteiger partial charge < -0.3 is 5.32 Å². The first-order valence-corrected chi connectivity index (χ1v) is 10.2. The predicted molar refractivity (Wildman–Crippen MR) is 115 cm³/mol. The molecule has 0 saturated heterocycles. The van der Waals surface area contributed by atoms with Gasteiger partial charge in [0.2, 0.25) is 0 Å². The minimum absolute atomic E-state index is 0.179. The third-order valence-corrected chi connectivity index (χ3v) is 5.19. The van der Waals surface area contributed by atoms with Crippen LogP contribution < -0.4 is 5.32 Å². The molecule has 9 heteroatoms. The van der Waals surface area contributed by atoms with Crippen molar-refractivity contribution in [2.45, 2.75) is 24.8 Å². The Balaban J connectivity index is 1.50. The zero-order valence-electron chi connectivity index (χ0n) is 16.5. The number of tetrazole rings is 1. The minimum Gasteiger partial charge on any atom is -0.322 e. The molecule has 0 radical (unpaired) electrons. The van der Waals surface area contributed by atoms with Crippen molar-refractivity contribution >= 4 is 23.4 Å². The molecule has 1 amide bonds. The number of aryl methyl sites for hydroxylation is 2. The second-order valence-corrected chi connectivity index (χ2v) is 7.58. The van der Waals surface area contributed by atoms with Gasteiger partial charge in [0.25, 0.3) is 5.91 Å². The summed E-state index contributed by atoms with van der Waals surface area (Å²) in [6, 6.07) is 16.8. The molecule has 0 aliphatic carbocycles. The lowest BCUT2D eigenvalue weighted by Crippen LogP contribution is -2.14. The van der Waals surface area contributed by atoms with Crippen LogP contribution in [0.3, 0.4) is 0 Å². The number of carbonyl (C=O) groups is 1. The van der Waals surface area contributed by atoms with E-state index >= 15 is 0 Å². The van der Waals surface area contributed by atoms with Crippen molar-refractivity contribution in [3.63, 3.8) is 0 Å². The number of nitrogens with zero attached hydrogens (tertiary/aromatic N) is 6. The van der Waals surface area contributed by atoms with Gasteiger partial charge in [-0.1, -0.05) is 36.0 Å². The molecule has 150 valence electrons. The van der Waals surface area contributed by atoms with Crippen molar-refractivity contribution in [1.82, 2.24) is 30.2 Å². The summed E-state index contributed by atoms with van der Waals surface area (Å²) in [7, 11) is 0. The standard InChI is InChI=1S/C21H19N7OS/c1-14-10-15(2)24-21(23-14)30-12-16-6-3-4-9-19(16)20(29)25-17-7-5-8-18(11-17)28-13-22-26-27-28/h3-11,13H,12H2,1-2H3,(H,25,29). The van der Waals surface area contributed by atoms with Crippen LogP contribution in [0.15, 0.2) is 66.1 Å². The summed E-state index contributed by atoms with van der Waals surface area (Å²) in [4.78, 5) is 21.9. The molecule has 2 heterocycles. The Kier molecular flexibility index (Phi) is 5.80. The number of benzene rings is 2. The molecule has 1 N–H and O–H groups in total. The molecule has 0 saturated carbocycles. The first kappa shape index (κ1) is 19.7. The topological polar surface area (TPSA) is 98.5 Å². The highest BCUT2D eigenvalue weighted by atomic mass is 32.2. The summed E-state index contributed by atoms with van der Waals surface area (Å²) in [5.74, 6) is 0.415. The average molecular weight is 417 g/mol. The Labute approximate surface area is 177 Å². The number of rotatable bonds is 6. The van der Waals surface area contributed by atoms with Crippen LogP contribution in [0.2, 0.25) is 0 Å². The third-order valence-electron chi connectivity index (χ3n) is 4.30. The zero-order chi connectivity index (χ0) is 20.9. The smallest absolute Gasteiger partial charge is 0.255 e. The Morgan fingerprint density at radius 2 is 1.83 bits per heavy atom. The second-order valence-electron chi connectivity index (χ2n) is 6.64. The Bertz CT molecular complexity index is 1160. The second kappa shape index (κ2) is 8.83. The summed E-state index contributed by atoms with van der Waals surface area (Å²) >= 11 is 1.51. The average Bonchev–Trinajstić information content (AvgIpc) is 3.27. The molecule has 2 aromatic carbocycles. The van der Waals surface area contributed by atoms with E-state index in [9.17, 15) is 4.79 Å². The molecule has 0 aliphatic rings. The normalized spacial score (nSPS) is 10.7. The summed E-state index contributed by atoms with van der Waals surface area (Å²) in [6.07, 6.45) is 1.50. The largest absolute Gasteiger partial charge is 0.322 e. The molecule has 30 heavy (non-hydrogen) atoms. The highest BCUT2D eigenvalue weighted by molar-refractivity contribution is 7.98. The first-order chi connectivity index (χ1) is 14.6. The summed E-state index contributed by atoms with van der Waals surface area (Å²) in [6.45, 7) is 3.90. The number of anilines is 1. The Morgan fingerprint density at radius 3 is 2.60 bits per heavy atom. The minimum atomic E-state index is -0.179. The van der Waals surface area contributed by atoms with Gasteiger partial charge >= 0.3 is 0 Å². The number of carbonyl (C=O) groups excluding carboxylic acids is 1. The van der Waals surface area contributed by atoms with E-state index in [2.05, 4.69) is 30.8 Å². The lowest BCUT2D eigenvalue weighted by Gasteiger charge is -2.11. The van der Waals surface area contributed by atoms with Crippen molar-refractivity contribution in [3.8, 4) is 5.69 Å². The quantitative estimate of drug-likeness (QED) is 0.378. The molecule has 0 aliphatic heterocycles. The van der Waals surface area contributed by atoms with Gasteiger partial charge in [0.15, 0.2) is 5.16 Å². The maximum absolute atomic E-state index is 13.0. The summed E-state index contributed by atoms with van der Waals surface area (Å²) < 4.78 is 1.53. The van der Waals surface area contributed by atoms with Crippen LogP contribution >= 0.6 is 11.8 Å². The molecular formula is C21H19N7OS. The van der Waals surface area contributed by atoms with Crippen LogP contribution in [0.1, 0.15) is 27.3 Å². The van der Waals surface area contributed by atoms with Gasteiger partial charge in [-0.15, -0.1) is 5.10 Å². The zero-order valence-corrected chi connectivity index (χ0v) is 17.3. The van der Waals surface area contributed by atoms with Gasteiger partial charge in [-0.2, -0.15) is 0 Å². The fourth-order valence-corrected chi connectivity index (χ4v) is 3.93. The van der Waals surface area contributed by atoms with Gasteiger partial charge in [-0.05, 0) is 60.2 Å². The molecule has 4 rings (SSSR count). The molecule has 8 nitrogen and oxygen atoms in total. The maximum Gasteiger partial charge on any atom is 0.255 e. The van der Waals surface area contributed by atoms with Crippen molar-refractivity contribution in [2.75, 3.05) is 5.32 Å². The van der Waals surface area contributed by atoms with Crippen LogP contribution in [0, 0.1) is 13.8 Å². The van der Waals surface area contributed by atoms with E-state index < -0.39 is 0 Å². The maximum atomic E-state index is 13.0. The van der Waals surface area contributed by atoms with E-state index in [0.717, 1.165) is 22.6 Å². The summed E-state index contributed by atoms with van der Waals surface area (Å²) in [5.41, 5.74) is 4.81. The van der Waals surface area contributed by atoms with E-state index in [4.69, 9.17) is 0 Å². The Hall–Kier alpha value is -3.59. The number of amides is 1. The first-order valence-electron chi connectivity index (χ1n) is 9.26. The van der Waals surface area contributed by atoms with E-state index in [1.54, 1.807) is 0 Å². The Morgan fingerprint density at radius 1 is 1.03 bits per heavy atom. The monoisotopic (exact) mass is 417 g/mol. The summed E-state index contributed by atoms with van der Waals surface area (Å²) in [5, 5.41) is 14.8. The van der Waals surface area contributed by atoms with Crippen LogP contribution in [0.5, 0.6) is 0 Å². The van der Waals surface area contributed by atoms with Crippen molar-refractivity contribution < 1.29 is 4.79 Å². The van der Waals surface area contributed by atoms with Crippen LogP contribution in [0.25, 0.3) is 5.69 Å². The van der Waals surface area contributed by atoms with E-state index in [0.29, 0.717) is 22.2 Å².